The Balaban J connectivity index is 1.56. The maximum absolute atomic E-state index is 12.7. The molecule has 3 aromatic rings. The number of hydrogen-bond donors (Lipinski definition) is 1. The van der Waals surface area contributed by atoms with Crippen molar-refractivity contribution in [3.63, 3.8) is 0 Å². The first-order valence-electron chi connectivity index (χ1n) is 9.31. The van der Waals surface area contributed by atoms with Crippen LogP contribution in [0.2, 0.25) is 0 Å². The molecule has 1 unspecified atom stereocenters. The summed E-state index contributed by atoms with van der Waals surface area (Å²) in [5, 5.41) is 0. The molecule has 2 aromatic heterocycles. The van der Waals surface area contributed by atoms with Gasteiger partial charge < -0.3 is 15.4 Å². The van der Waals surface area contributed by atoms with Crippen molar-refractivity contribution in [1.82, 2.24) is 14.9 Å². The van der Waals surface area contributed by atoms with Crippen molar-refractivity contribution < 1.29 is 14.3 Å². The monoisotopic (exact) mass is 388 g/mol. The Morgan fingerprint density at radius 2 is 1.93 bits per heavy atom. The van der Waals surface area contributed by atoms with Crippen LogP contribution in [0.5, 0.6) is 0 Å². The molecule has 2 amide bonds. The highest BCUT2D eigenvalue weighted by molar-refractivity contribution is 5.94. The summed E-state index contributed by atoms with van der Waals surface area (Å²) in [6, 6.07) is 17.9. The summed E-state index contributed by atoms with van der Waals surface area (Å²) in [6.45, 7) is 1.33. The molecule has 146 valence electrons. The van der Waals surface area contributed by atoms with Crippen LogP contribution >= 0.6 is 0 Å². The normalized spacial score (nSPS) is 16.4. The standard InChI is InChI=1S/C22H20N4O3/c23-21(27)16-6-3-5-15(13-16)17-8-4-9-18(25-17)20-14-26(11-12-29-20)22(28)19-7-1-2-10-24-19/h1-10,13,20H,11-12,14H2,(H2,23,27). The molecule has 1 aliphatic rings. The maximum Gasteiger partial charge on any atom is 0.272 e. The minimum atomic E-state index is -0.484. The molecule has 1 aliphatic heterocycles. The van der Waals surface area contributed by atoms with Gasteiger partial charge in [0.2, 0.25) is 5.91 Å². The number of hydrogen-bond acceptors (Lipinski definition) is 5. The summed E-state index contributed by atoms with van der Waals surface area (Å²) in [5.41, 5.74) is 8.45. The van der Waals surface area contributed by atoms with Gasteiger partial charge in [-0.2, -0.15) is 0 Å². The number of aromatic nitrogens is 2. The third-order valence-electron chi connectivity index (χ3n) is 4.78. The molecular formula is C22H20N4O3. The smallest absolute Gasteiger partial charge is 0.272 e. The highest BCUT2D eigenvalue weighted by Gasteiger charge is 2.27. The number of amides is 2. The second-order valence-electron chi connectivity index (χ2n) is 6.72. The van der Waals surface area contributed by atoms with Crippen molar-refractivity contribution in [3.05, 3.63) is 83.8 Å². The molecule has 3 heterocycles. The van der Waals surface area contributed by atoms with Crippen LogP contribution in [0.3, 0.4) is 0 Å². The Labute approximate surface area is 168 Å². The first-order valence-corrected chi connectivity index (χ1v) is 9.31. The molecule has 7 nitrogen and oxygen atoms in total. The van der Waals surface area contributed by atoms with E-state index in [2.05, 4.69) is 4.98 Å². The first kappa shape index (κ1) is 18.8. The Morgan fingerprint density at radius 1 is 1.07 bits per heavy atom. The number of carbonyl (C=O) groups is 2. The predicted octanol–water partition coefficient (Wildman–Crippen LogP) is 2.46. The van der Waals surface area contributed by atoms with E-state index in [0.29, 0.717) is 36.6 Å². The Kier molecular flexibility index (Phi) is 5.31. The molecule has 1 fully saturated rings. The number of benzene rings is 1. The summed E-state index contributed by atoms with van der Waals surface area (Å²) in [7, 11) is 0. The lowest BCUT2D eigenvalue weighted by atomic mass is 10.1. The van der Waals surface area contributed by atoms with Gasteiger partial charge in [0.25, 0.3) is 5.91 Å². The Bertz CT molecular complexity index is 1040. The second kappa shape index (κ2) is 8.20. The van der Waals surface area contributed by atoms with E-state index in [1.54, 1.807) is 47.5 Å². The molecule has 1 atom stereocenters. The second-order valence-corrected chi connectivity index (χ2v) is 6.72. The van der Waals surface area contributed by atoms with Gasteiger partial charge in [0.1, 0.15) is 11.8 Å². The maximum atomic E-state index is 12.7. The SMILES string of the molecule is NC(=O)c1cccc(-c2cccc(C3CN(C(=O)c4ccccn4)CCO3)n2)c1. The van der Waals surface area contributed by atoms with Gasteiger partial charge in [-0.1, -0.05) is 24.3 Å². The zero-order valence-electron chi connectivity index (χ0n) is 15.7. The average molecular weight is 388 g/mol. The molecule has 7 heteroatoms. The number of nitrogens with two attached hydrogens (primary N) is 1. The molecule has 2 N–H and O–H groups in total. The molecule has 4 rings (SSSR count). The van der Waals surface area contributed by atoms with Crippen molar-refractivity contribution >= 4 is 11.8 Å². The van der Waals surface area contributed by atoms with E-state index in [-0.39, 0.29) is 12.0 Å². The van der Waals surface area contributed by atoms with Crippen molar-refractivity contribution in [3.8, 4) is 11.3 Å². The zero-order valence-corrected chi connectivity index (χ0v) is 15.7. The Hall–Kier alpha value is -3.58. The van der Waals surface area contributed by atoms with Crippen molar-refractivity contribution in [1.29, 1.82) is 0 Å². The van der Waals surface area contributed by atoms with E-state index < -0.39 is 5.91 Å². The number of ether oxygens (including phenoxy) is 1. The van der Waals surface area contributed by atoms with Crippen LogP contribution in [0, 0.1) is 0 Å². The van der Waals surface area contributed by atoms with Crippen LogP contribution in [0.4, 0.5) is 0 Å². The number of morpholine rings is 1. The topological polar surface area (TPSA) is 98.4 Å². The highest BCUT2D eigenvalue weighted by Crippen LogP contribution is 2.25. The van der Waals surface area contributed by atoms with Gasteiger partial charge in [-0.15, -0.1) is 0 Å². The predicted molar refractivity (Wildman–Crippen MR) is 107 cm³/mol. The number of nitrogens with zero attached hydrogens (tertiary/aromatic N) is 3. The minimum Gasteiger partial charge on any atom is -0.368 e. The minimum absolute atomic E-state index is 0.121. The van der Waals surface area contributed by atoms with Crippen LogP contribution < -0.4 is 5.73 Å². The van der Waals surface area contributed by atoms with E-state index in [1.807, 2.05) is 24.3 Å². The van der Waals surface area contributed by atoms with Crippen LogP contribution in [-0.4, -0.2) is 46.4 Å². The lowest BCUT2D eigenvalue weighted by Gasteiger charge is -2.32. The lowest BCUT2D eigenvalue weighted by Crippen LogP contribution is -2.42. The van der Waals surface area contributed by atoms with Gasteiger partial charge in [0, 0.05) is 23.9 Å². The van der Waals surface area contributed by atoms with Crippen LogP contribution in [0.25, 0.3) is 11.3 Å². The highest BCUT2D eigenvalue weighted by atomic mass is 16.5. The van der Waals surface area contributed by atoms with E-state index >= 15 is 0 Å². The Morgan fingerprint density at radius 3 is 2.72 bits per heavy atom. The quantitative estimate of drug-likeness (QED) is 0.740. The van der Waals surface area contributed by atoms with E-state index in [4.69, 9.17) is 15.5 Å². The van der Waals surface area contributed by atoms with E-state index in [9.17, 15) is 9.59 Å². The number of pyridine rings is 2. The van der Waals surface area contributed by atoms with Gasteiger partial charge in [0.15, 0.2) is 0 Å². The van der Waals surface area contributed by atoms with Crippen LogP contribution in [0.1, 0.15) is 32.6 Å². The summed E-state index contributed by atoms with van der Waals surface area (Å²) >= 11 is 0. The van der Waals surface area contributed by atoms with Crippen LogP contribution in [-0.2, 0) is 4.74 Å². The molecule has 29 heavy (non-hydrogen) atoms. The molecule has 0 radical (unpaired) electrons. The molecule has 1 saturated heterocycles. The molecule has 0 bridgehead atoms. The van der Waals surface area contributed by atoms with Gasteiger partial charge in [-0.05, 0) is 36.4 Å². The zero-order chi connectivity index (χ0) is 20.2. The summed E-state index contributed by atoms with van der Waals surface area (Å²) in [6.07, 6.45) is 1.27. The van der Waals surface area contributed by atoms with Gasteiger partial charge in [-0.3, -0.25) is 14.6 Å². The molecule has 1 aromatic carbocycles. The van der Waals surface area contributed by atoms with Gasteiger partial charge >= 0.3 is 0 Å². The van der Waals surface area contributed by atoms with E-state index in [1.165, 1.54) is 0 Å². The molecule has 0 aliphatic carbocycles. The van der Waals surface area contributed by atoms with Crippen molar-refractivity contribution in [2.24, 2.45) is 5.73 Å². The van der Waals surface area contributed by atoms with Crippen LogP contribution in [0.15, 0.2) is 66.9 Å². The molecular weight excluding hydrogens is 368 g/mol. The lowest BCUT2D eigenvalue weighted by molar-refractivity contribution is -0.0248. The fraction of sp³-hybridized carbons (Fsp3) is 0.182. The van der Waals surface area contributed by atoms with Gasteiger partial charge in [-0.25, -0.2) is 4.98 Å². The largest absolute Gasteiger partial charge is 0.368 e. The first-order chi connectivity index (χ1) is 14.1. The fourth-order valence-electron chi connectivity index (χ4n) is 3.29. The number of rotatable bonds is 4. The van der Waals surface area contributed by atoms with E-state index in [0.717, 1.165) is 11.3 Å². The number of primary amides is 1. The molecule has 0 spiro atoms. The van der Waals surface area contributed by atoms with Crippen molar-refractivity contribution in [2.45, 2.75) is 6.10 Å². The third kappa shape index (κ3) is 4.14. The average Bonchev–Trinajstić information content (AvgIpc) is 2.79. The number of carbonyl (C=O) groups excluding carboxylic acids is 2. The summed E-state index contributed by atoms with van der Waals surface area (Å²) in [4.78, 5) is 34.7. The fourth-order valence-corrected chi connectivity index (χ4v) is 3.29. The molecule has 0 saturated carbocycles. The summed E-state index contributed by atoms with van der Waals surface area (Å²) in [5.74, 6) is -0.605. The van der Waals surface area contributed by atoms with Gasteiger partial charge in [0.05, 0.1) is 24.5 Å². The third-order valence-corrected chi connectivity index (χ3v) is 4.78. The summed E-state index contributed by atoms with van der Waals surface area (Å²) < 4.78 is 5.88. The van der Waals surface area contributed by atoms with Crippen molar-refractivity contribution in [2.75, 3.05) is 19.7 Å².